The van der Waals surface area contributed by atoms with Crippen molar-refractivity contribution in [2.24, 2.45) is 0 Å². The van der Waals surface area contributed by atoms with E-state index in [-0.39, 0.29) is 5.69 Å². The fourth-order valence-electron chi connectivity index (χ4n) is 3.19. The van der Waals surface area contributed by atoms with Crippen LogP contribution in [0.3, 0.4) is 0 Å². The standard InChI is InChI=1S/C20H20N6O2/c1-12-9-15-16(10-13(12)2)26(8-7-21-11-14-5-3-4-6-22-14)18-17(23-15)19(27)25-20(28)24-18/h3-6,9-10,21H,7-8,11H2,1-2H3,(H,25,27,28). The molecule has 8 heteroatoms. The lowest BCUT2D eigenvalue weighted by atomic mass is 10.1. The Morgan fingerprint density at radius 3 is 2.71 bits per heavy atom. The summed E-state index contributed by atoms with van der Waals surface area (Å²) in [7, 11) is 0. The number of nitrogens with zero attached hydrogens (tertiary/aromatic N) is 4. The minimum Gasteiger partial charge on any atom is -0.321 e. The van der Waals surface area contributed by atoms with E-state index in [4.69, 9.17) is 0 Å². The maximum atomic E-state index is 12.3. The lowest BCUT2D eigenvalue weighted by molar-refractivity contribution is 0.597. The Morgan fingerprint density at radius 2 is 1.93 bits per heavy atom. The van der Waals surface area contributed by atoms with E-state index < -0.39 is 11.2 Å². The Bertz CT molecular complexity index is 1230. The monoisotopic (exact) mass is 376 g/mol. The van der Waals surface area contributed by atoms with Gasteiger partial charge in [0.15, 0.2) is 11.5 Å². The highest BCUT2D eigenvalue weighted by molar-refractivity contribution is 5.81. The number of fused-ring (bicyclic) bond motifs is 2. The molecule has 1 aromatic carbocycles. The van der Waals surface area contributed by atoms with Crippen LogP contribution in [0.15, 0.2) is 46.1 Å². The second kappa shape index (κ2) is 7.32. The highest BCUT2D eigenvalue weighted by atomic mass is 16.2. The van der Waals surface area contributed by atoms with E-state index in [0.29, 0.717) is 31.0 Å². The molecule has 0 unspecified atom stereocenters. The van der Waals surface area contributed by atoms with Crippen LogP contribution in [0.5, 0.6) is 0 Å². The molecule has 0 amide bonds. The zero-order chi connectivity index (χ0) is 19.7. The molecule has 2 aromatic rings. The van der Waals surface area contributed by atoms with Crippen molar-refractivity contribution in [1.82, 2.24) is 29.8 Å². The molecule has 8 nitrogen and oxygen atoms in total. The number of aromatic nitrogens is 5. The van der Waals surface area contributed by atoms with Crippen LogP contribution in [0.1, 0.15) is 16.8 Å². The van der Waals surface area contributed by atoms with Crippen molar-refractivity contribution < 1.29 is 0 Å². The number of hydrogen-bond donors (Lipinski definition) is 2. The summed E-state index contributed by atoms with van der Waals surface area (Å²) in [5.74, 6) is 0.295. The van der Waals surface area contributed by atoms with E-state index in [1.807, 2.05) is 48.7 Å². The Kier molecular flexibility index (Phi) is 4.70. The summed E-state index contributed by atoms with van der Waals surface area (Å²) < 4.78 is 1.88. The molecule has 4 rings (SSSR count). The Labute approximate surface area is 160 Å². The van der Waals surface area contributed by atoms with Crippen LogP contribution in [0, 0.1) is 13.8 Å². The van der Waals surface area contributed by atoms with E-state index >= 15 is 0 Å². The van der Waals surface area contributed by atoms with Crippen LogP contribution >= 0.6 is 0 Å². The first-order valence-electron chi connectivity index (χ1n) is 9.05. The van der Waals surface area contributed by atoms with Crippen molar-refractivity contribution >= 4 is 11.0 Å². The van der Waals surface area contributed by atoms with Gasteiger partial charge in [0.05, 0.1) is 16.7 Å². The summed E-state index contributed by atoms with van der Waals surface area (Å²) in [5, 5.41) is 3.34. The number of benzene rings is 1. The van der Waals surface area contributed by atoms with Gasteiger partial charge in [-0.3, -0.25) is 14.8 Å². The molecule has 0 saturated heterocycles. The number of nitrogens with one attached hydrogen (secondary N) is 2. The molecule has 28 heavy (non-hydrogen) atoms. The molecular weight excluding hydrogens is 356 g/mol. The Morgan fingerprint density at radius 1 is 1.11 bits per heavy atom. The molecule has 0 fully saturated rings. The van der Waals surface area contributed by atoms with Crippen LogP contribution in [0.2, 0.25) is 0 Å². The first-order valence-corrected chi connectivity index (χ1v) is 9.05. The predicted molar refractivity (Wildman–Crippen MR) is 106 cm³/mol. The zero-order valence-corrected chi connectivity index (χ0v) is 15.7. The topological polar surface area (TPSA) is 106 Å². The molecule has 142 valence electrons. The van der Waals surface area contributed by atoms with E-state index in [0.717, 1.165) is 22.3 Å². The largest absolute Gasteiger partial charge is 0.349 e. The van der Waals surface area contributed by atoms with Crippen LogP contribution in [-0.2, 0) is 13.1 Å². The summed E-state index contributed by atoms with van der Waals surface area (Å²) >= 11 is 0. The molecule has 0 bridgehead atoms. The SMILES string of the molecule is Cc1cc2nc3c(=O)[nH]c(=O)nc-3n(CCNCc3ccccn3)c2cc1C. The fourth-order valence-corrected chi connectivity index (χ4v) is 3.19. The number of hydrogen-bond acceptors (Lipinski definition) is 6. The highest BCUT2D eigenvalue weighted by Crippen LogP contribution is 2.23. The first kappa shape index (κ1) is 18.0. The third-order valence-corrected chi connectivity index (χ3v) is 4.77. The average Bonchev–Trinajstić information content (AvgIpc) is 2.67. The van der Waals surface area contributed by atoms with Gasteiger partial charge in [-0.15, -0.1) is 0 Å². The third-order valence-electron chi connectivity index (χ3n) is 4.77. The molecule has 2 aliphatic heterocycles. The molecule has 0 atom stereocenters. The average molecular weight is 376 g/mol. The molecule has 3 heterocycles. The van der Waals surface area contributed by atoms with Gasteiger partial charge in [-0.25, -0.2) is 9.78 Å². The highest BCUT2D eigenvalue weighted by Gasteiger charge is 2.18. The van der Waals surface area contributed by atoms with Gasteiger partial charge < -0.3 is 9.88 Å². The van der Waals surface area contributed by atoms with Crippen LogP contribution in [-0.4, -0.2) is 31.0 Å². The van der Waals surface area contributed by atoms with Crippen molar-refractivity contribution in [3.05, 3.63) is 74.2 Å². The zero-order valence-electron chi connectivity index (χ0n) is 15.7. The van der Waals surface area contributed by atoms with Crippen LogP contribution < -0.4 is 16.6 Å². The molecule has 0 saturated carbocycles. The van der Waals surface area contributed by atoms with Gasteiger partial charge in [-0.05, 0) is 49.2 Å². The quantitative estimate of drug-likeness (QED) is 0.403. The molecule has 0 radical (unpaired) electrons. The van der Waals surface area contributed by atoms with Crippen LogP contribution in [0.4, 0.5) is 0 Å². The van der Waals surface area contributed by atoms with Gasteiger partial charge in [0.1, 0.15) is 0 Å². The summed E-state index contributed by atoms with van der Waals surface area (Å²) in [6, 6.07) is 9.74. The van der Waals surface area contributed by atoms with E-state index in [2.05, 4.69) is 25.3 Å². The molecule has 2 N–H and O–H groups in total. The van der Waals surface area contributed by atoms with Crippen molar-refractivity contribution in [3.8, 4) is 11.5 Å². The van der Waals surface area contributed by atoms with E-state index in [1.165, 1.54) is 0 Å². The summed E-state index contributed by atoms with van der Waals surface area (Å²) in [4.78, 5) is 39.0. The number of H-pyrrole nitrogens is 1. The Hall–Kier alpha value is -3.39. The van der Waals surface area contributed by atoms with Gasteiger partial charge >= 0.3 is 5.69 Å². The van der Waals surface area contributed by atoms with Crippen molar-refractivity contribution in [1.29, 1.82) is 0 Å². The Balaban J connectivity index is 1.74. The van der Waals surface area contributed by atoms with Crippen molar-refractivity contribution in [2.75, 3.05) is 6.54 Å². The van der Waals surface area contributed by atoms with Gasteiger partial charge in [0, 0.05) is 25.8 Å². The van der Waals surface area contributed by atoms with E-state index in [9.17, 15) is 9.59 Å². The lowest BCUT2D eigenvalue weighted by Gasteiger charge is -2.18. The van der Waals surface area contributed by atoms with Crippen molar-refractivity contribution in [2.45, 2.75) is 26.9 Å². The lowest BCUT2D eigenvalue weighted by Crippen LogP contribution is -2.30. The van der Waals surface area contributed by atoms with Crippen LogP contribution in [0.25, 0.3) is 22.6 Å². The molecular formula is C20H20N6O2. The second-order valence-electron chi connectivity index (χ2n) is 6.73. The molecule has 0 spiro atoms. The molecule has 2 aliphatic rings. The van der Waals surface area contributed by atoms with Gasteiger partial charge in [0.25, 0.3) is 5.56 Å². The molecule has 1 aromatic heterocycles. The van der Waals surface area contributed by atoms with Gasteiger partial charge in [-0.2, -0.15) is 4.98 Å². The number of rotatable bonds is 5. The van der Waals surface area contributed by atoms with Gasteiger partial charge in [-0.1, -0.05) is 6.07 Å². The maximum Gasteiger partial charge on any atom is 0.349 e. The minimum absolute atomic E-state index is 0.167. The third kappa shape index (κ3) is 3.41. The number of aromatic amines is 1. The maximum absolute atomic E-state index is 12.3. The summed E-state index contributed by atoms with van der Waals surface area (Å²) in [5.41, 5.74) is 3.65. The first-order chi connectivity index (χ1) is 13.5. The summed E-state index contributed by atoms with van der Waals surface area (Å²) in [6.45, 7) is 5.79. The smallest absolute Gasteiger partial charge is 0.321 e. The van der Waals surface area contributed by atoms with Crippen molar-refractivity contribution in [3.63, 3.8) is 0 Å². The number of aryl methyl sites for hydroxylation is 2. The summed E-state index contributed by atoms with van der Waals surface area (Å²) in [6.07, 6.45) is 1.76. The number of pyridine rings is 1. The molecule has 0 aliphatic carbocycles. The normalized spacial score (nSPS) is 11.4. The predicted octanol–water partition coefficient (Wildman–Crippen LogP) is 1.39. The van der Waals surface area contributed by atoms with E-state index in [1.54, 1.807) is 6.20 Å². The fraction of sp³-hybridized carbons (Fsp3) is 0.250. The van der Waals surface area contributed by atoms with Gasteiger partial charge in [0.2, 0.25) is 0 Å². The second-order valence-corrected chi connectivity index (χ2v) is 6.73. The minimum atomic E-state index is -0.669.